The fourth-order valence-corrected chi connectivity index (χ4v) is 6.01. The Morgan fingerprint density at radius 3 is 2.73 bits per heavy atom. The number of rotatable bonds is 6. The molecule has 1 aromatic heterocycles. The van der Waals surface area contributed by atoms with E-state index >= 15 is 0 Å². The highest BCUT2D eigenvalue weighted by Crippen LogP contribution is 2.37. The Morgan fingerprint density at radius 1 is 1.30 bits per heavy atom. The van der Waals surface area contributed by atoms with Gasteiger partial charge in [-0.2, -0.15) is 4.31 Å². The first-order valence-electron chi connectivity index (χ1n) is 10.4. The molecule has 8 nitrogen and oxygen atoms in total. The van der Waals surface area contributed by atoms with Crippen molar-refractivity contribution in [3.8, 4) is 5.75 Å². The molecule has 0 aliphatic carbocycles. The average molecular weight is 509 g/mol. The van der Waals surface area contributed by atoms with Crippen LogP contribution in [0.25, 0.3) is 0 Å². The van der Waals surface area contributed by atoms with Crippen molar-refractivity contribution in [2.24, 2.45) is 18.9 Å². The zero-order valence-electron chi connectivity index (χ0n) is 17.8. The van der Waals surface area contributed by atoms with E-state index < -0.39 is 22.1 Å². The summed E-state index contributed by atoms with van der Waals surface area (Å²) in [4.78, 5) is 3.98. The van der Waals surface area contributed by atoms with Gasteiger partial charge in [0.2, 0.25) is 0 Å². The normalized spacial score (nSPS) is 24.7. The molecule has 2 aromatic rings. The molecule has 2 aliphatic heterocycles. The number of sulfonamides is 1. The molecule has 4 rings (SSSR count). The van der Waals surface area contributed by atoms with Crippen molar-refractivity contribution >= 4 is 27.3 Å². The van der Waals surface area contributed by atoms with Crippen molar-refractivity contribution in [3.63, 3.8) is 0 Å². The van der Waals surface area contributed by atoms with Gasteiger partial charge in [-0.05, 0) is 36.8 Å². The topological polar surface area (TPSA) is 85.7 Å². The molecule has 3 heterocycles. The fraction of sp³-hybridized carbons (Fsp3) is 0.550. The van der Waals surface area contributed by atoms with Gasteiger partial charge in [0.25, 0.3) is 10.0 Å². The van der Waals surface area contributed by atoms with Crippen molar-refractivity contribution in [2.45, 2.75) is 30.3 Å². The highest BCUT2D eigenvalue weighted by atomic mass is 35.5. The minimum atomic E-state index is -4.88. The first-order valence-corrected chi connectivity index (χ1v) is 12.2. The maximum Gasteiger partial charge on any atom is 0.573 e. The van der Waals surface area contributed by atoms with E-state index in [1.54, 1.807) is 11.6 Å². The lowest BCUT2D eigenvalue weighted by Gasteiger charge is -2.31. The molecule has 0 bridgehead atoms. The molecule has 0 saturated carbocycles. The first-order chi connectivity index (χ1) is 15.5. The highest BCUT2D eigenvalue weighted by Gasteiger charge is 2.44. The van der Waals surface area contributed by atoms with Crippen LogP contribution in [0.15, 0.2) is 35.7 Å². The number of nitrogens with zero attached hydrogens (tertiary/aromatic N) is 3. The van der Waals surface area contributed by atoms with Gasteiger partial charge in [0, 0.05) is 57.3 Å². The van der Waals surface area contributed by atoms with E-state index in [1.165, 1.54) is 35.0 Å². The maximum atomic E-state index is 13.2. The Balaban J connectivity index is 1.59. The maximum absolute atomic E-state index is 13.2. The van der Waals surface area contributed by atoms with E-state index in [0.29, 0.717) is 18.9 Å². The molecule has 2 fully saturated rings. The Kier molecular flexibility index (Phi) is 6.81. The average Bonchev–Trinajstić information content (AvgIpc) is 3.37. The number of anilines is 1. The van der Waals surface area contributed by atoms with Gasteiger partial charge in [-0.25, -0.2) is 13.4 Å². The summed E-state index contributed by atoms with van der Waals surface area (Å²) in [6.45, 7) is 1.55. The third kappa shape index (κ3) is 5.56. The summed E-state index contributed by atoms with van der Waals surface area (Å²) in [5.74, 6) is -0.521. The lowest BCUT2D eigenvalue weighted by atomic mass is 9.84. The van der Waals surface area contributed by atoms with Crippen molar-refractivity contribution in [3.05, 3.63) is 35.7 Å². The van der Waals surface area contributed by atoms with E-state index in [0.717, 1.165) is 12.8 Å². The number of hydrogen-bond acceptors (Lipinski definition) is 6. The van der Waals surface area contributed by atoms with Crippen LogP contribution in [0, 0.1) is 11.8 Å². The molecule has 33 heavy (non-hydrogen) atoms. The minimum absolute atomic E-state index is 0.0448. The largest absolute Gasteiger partial charge is 0.573 e. The predicted molar refractivity (Wildman–Crippen MR) is 115 cm³/mol. The van der Waals surface area contributed by atoms with E-state index in [9.17, 15) is 21.6 Å². The summed E-state index contributed by atoms with van der Waals surface area (Å²) in [5, 5.41) is 2.98. The molecular formula is C20H24ClF3N4O4S. The van der Waals surface area contributed by atoms with Gasteiger partial charge in [0.1, 0.15) is 5.75 Å². The molecule has 13 heteroatoms. The molecule has 0 spiro atoms. The van der Waals surface area contributed by atoms with Crippen LogP contribution < -0.4 is 10.1 Å². The van der Waals surface area contributed by atoms with Gasteiger partial charge >= 0.3 is 6.36 Å². The lowest BCUT2D eigenvalue weighted by molar-refractivity contribution is -0.274. The Hall–Kier alpha value is -2.02. The molecule has 2 saturated heterocycles. The van der Waals surface area contributed by atoms with Crippen molar-refractivity contribution in [2.75, 3.05) is 31.6 Å². The summed E-state index contributed by atoms with van der Waals surface area (Å²) in [6.07, 6.45) is -0.282. The van der Waals surface area contributed by atoms with Gasteiger partial charge < -0.3 is 19.4 Å². The zero-order chi connectivity index (χ0) is 23.8. The number of nitrogens with one attached hydrogen (secondary N) is 1. The second-order valence-electron chi connectivity index (χ2n) is 8.28. The molecule has 2 aliphatic rings. The smallest absolute Gasteiger partial charge is 0.404 e. The molecule has 0 unspecified atom stereocenters. The zero-order valence-corrected chi connectivity index (χ0v) is 19.3. The van der Waals surface area contributed by atoms with Crippen LogP contribution in [-0.2, 0) is 21.8 Å². The summed E-state index contributed by atoms with van der Waals surface area (Å²) >= 11 is 5.86. The summed E-state index contributed by atoms with van der Waals surface area (Å²) in [5.41, 5.74) is 0.350. The van der Waals surface area contributed by atoms with E-state index in [2.05, 4.69) is 15.0 Å². The molecule has 3 atom stereocenters. The molecule has 0 amide bonds. The van der Waals surface area contributed by atoms with Crippen LogP contribution in [0.3, 0.4) is 0 Å². The minimum Gasteiger partial charge on any atom is -0.404 e. The number of hydrogen-bond donors (Lipinski definition) is 1. The number of alkyl halides is 3. The summed E-state index contributed by atoms with van der Waals surface area (Å²) in [6, 6.07) is 3.66. The van der Waals surface area contributed by atoms with Crippen LogP contribution >= 0.6 is 11.6 Å². The van der Waals surface area contributed by atoms with Crippen molar-refractivity contribution in [1.29, 1.82) is 0 Å². The number of ether oxygens (including phenoxy) is 2. The number of benzene rings is 1. The van der Waals surface area contributed by atoms with Gasteiger partial charge in [0.15, 0.2) is 5.03 Å². The SMILES string of the molecule is Cn1cnc(S(=O)(=O)N2C[C@H]([C@@H]3CCCOC3)[C@@H](Nc3ccc(Cl)c(OC(F)(F)F)c3)C2)c1. The number of imidazole rings is 1. The van der Waals surface area contributed by atoms with Gasteiger partial charge in [-0.15, -0.1) is 13.2 Å². The molecule has 0 radical (unpaired) electrons. The third-order valence-electron chi connectivity index (χ3n) is 5.93. The monoisotopic (exact) mass is 508 g/mol. The Labute approximate surface area is 194 Å². The fourth-order valence-electron chi connectivity index (χ4n) is 4.39. The number of aryl methyl sites for hydroxylation is 1. The van der Waals surface area contributed by atoms with E-state index in [4.69, 9.17) is 16.3 Å². The second-order valence-corrected chi connectivity index (χ2v) is 10.6. The number of aromatic nitrogens is 2. The van der Waals surface area contributed by atoms with Gasteiger partial charge in [-0.1, -0.05) is 11.6 Å². The van der Waals surface area contributed by atoms with Gasteiger partial charge in [0.05, 0.1) is 11.3 Å². The van der Waals surface area contributed by atoms with Crippen LogP contribution in [0.1, 0.15) is 12.8 Å². The quantitative estimate of drug-likeness (QED) is 0.643. The lowest BCUT2D eigenvalue weighted by Crippen LogP contribution is -2.36. The summed E-state index contributed by atoms with van der Waals surface area (Å²) in [7, 11) is -2.14. The Bertz CT molecular complexity index is 1090. The Morgan fingerprint density at radius 2 is 2.09 bits per heavy atom. The van der Waals surface area contributed by atoms with E-state index in [-0.39, 0.29) is 41.0 Å². The molecular weight excluding hydrogens is 485 g/mol. The highest BCUT2D eigenvalue weighted by molar-refractivity contribution is 7.89. The van der Waals surface area contributed by atoms with Crippen molar-refractivity contribution in [1.82, 2.24) is 13.9 Å². The standard InChI is InChI=1S/C20H24ClF3N4O4S/c1-27-10-19(25-12-27)33(29,30)28-8-15(13-3-2-6-31-11-13)17(9-28)26-14-4-5-16(21)18(7-14)32-20(22,23)24/h4-5,7,10,12-13,15,17,26H,2-3,6,8-9,11H2,1H3/t13-,15-,17+/m1/s1. The van der Waals surface area contributed by atoms with Gasteiger partial charge in [-0.3, -0.25) is 0 Å². The second kappa shape index (κ2) is 9.32. The predicted octanol–water partition coefficient (Wildman–Crippen LogP) is 3.50. The van der Waals surface area contributed by atoms with Crippen LogP contribution in [0.5, 0.6) is 5.75 Å². The van der Waals surface area contributed by atoms with Crippen LogP contribution in [-0.4, -0.2) is 61.0 Å². The molecule has 182 valence electrons. The van der Waals surface area contributed by atoms with Crippen LogP contribution in [0.2, 0.25) is 5.02 Å². The molecule has 1 aromatic carbocycles. The first kappa shape index (κ1) is 24.1. The van der Waals surface area contributed by atoms with Crippen LogP contribution in [0.4, 0.5) is 18.9 Å². The van der Waals surface area contributed by atoms with Crippen molar-refractivity contribution < 1.29 is 31.1 Å². The molecule has 1 N–H and O–H groups in total. The number of halogens is 4. The van der Waals surface area contributed by atoms with E-state index in [1.807, 2.05) is 0 Å². The third-order valence-corrected chi connectivity index (χ3v) is 7.96. The summed E-state index contributed by atoms with van der Waals surface area (Å²) < 4.78 is 77.0.